The zero-order valence-corrected chi connectivity index (χ0v) is 11.2. The molecule has 0 saturated carbocycles. The summed E-state index contributed by atoms with van der Waals surface area (Å²) >= 11 is 6.02. The molecule has 0 atom stereocenters. The van der Waals surface area contributed by atoms with Gasteiger partial charge in [-0.05, 0) is 17.7 Å². The average molecular weight is 272 g/mol. The Balaban J connectivity index is 3.27. The van der Waals surface area contributed by atoms with Crippen molar-refractivity contribution in [1.29, 1.82) is 0 Å². The molecule has 1 aromatic carbocycles. The van der Waals surface area contributed by atoms with Gasteiger partial charge in [0.15, 0.2) is 11.5 Å². The Hall–Kier alpha value is -1.75. The Morgan fingerprint density at radius 2 is 2.11 bits per heavy atom. The SMILES string of the molecule is CC/C(=C\c1cc(Cl)c(OC)c(OC)c1)[N+](=O)[O-]. The first kappa shape index (κ1) is 14.3. The van der Waals surface area contributed by atoms with E-state index in [0.717, 1.165) is 0 Å². The number of hydrogen-bond acceptors (Lipinski definition) is 4. The Labute approximate surface area is 110 Å². The lowest BCUT2D eigenvalue weighted by Crippen LogP contribution is -1.97. The van der Waals surface area contributed by atoms with Crippen LogP contribution in [0, 0.1) is 10.1 Å². The summed E-state index contributed by atoms with van der Waals surface area (Å²) in [6.45, 7) is 1.72. The van der Waals surface area contributed by atoms with E-state index in [0.29, 0.717) is 28.5 Å². The predicted octanol–water partition coefficient (Wildman–Crippen LogP) is 3.38. The highest BCUT2D eigenvalue weighted by Gasteiger charge is 2.13. The van der Waals surface area contributed by atoms with Crippen molar-refractivity contribution in [2.45, 2.75) is 13.3 Å². The molecule has 0 fully saturated rings. The quantitative estimate of drug-likeness (QED) is 0.608. The minimum absolute atomic E-state index is 0.110. The highest BCUT2D eigenvalue weighted by Crippen LogP contribution is 2.36. The van der Waals surface area contributed by atoms with Crippen molar-refractivity contribution in [2.24, 2.45) is 0 Å². The third-order valence-corrected chi connectivity index (χ3v) is 2.67. The van der Waals surface area contributed by atoms with Crippen LogP contribution in [0.25, 0.3) is 6.08 Å². The second-order valence-electron chi connectivity index (χ2n) is 3.48. The molecule has 18 heavy (non-hydrogen) atoms. The number of allylic oxidation sites excluding steroid dienone is 1. The van der Waals surface area contributed by atoms with E-state index in [1.54, 1.807) is 19.1 Å². The van der Waals surface area contributed by atoms with Crippen LogP contribution in [-0.4, -0.2) is 19.1 Å². The number of benzene rings is 1. The summed E-state index contributed by atoms with van der Waals surface area (Å²) in [6.07, 6.45) is 1.80. The van der Waals surface area contributed by atoms with Crippen molar-refractivity contribution in [1.82, 2.24) is 0 Å². The minimum Gasteiger partial charge on any atom is -0.493 e. The largest absolute Gasteiger partial charge is 0.493 e. The summed E-state index contributed by atoms with van der Waals surface area (Å²) in [5.41, 5.74) is 0.712. The van der Waals surface area contributed by atoms with Gasteiger partial charge in [0.05, 0.1) is 24.2 Å². The van der Waals surface area contributed by atoms with Crippen LogP contribution in [0.3, 0.4) is 0 Å². The van der Waals surface area contributed by atoms with Gasteiger partial charge in [-0.25, -0.2) is 0 Å². The lowest BCUT2D eigenvalue weighted by atomic mass is 10.1. The Morgan fingerprint density at radius 3 is 2.56 bits per heavy atom. The summed E-state index contributed by atoms with van der Waals surface area (Å²) in [6, 6.07) is 3.24. The van der Waals surface area contributed by atoms with Gasteiger partial charge in [-0.3, -0.25) is 10.1 Å². The molecular formula is C12H14ClNO4. The normalized spacial score (nSPS) is 11.2. The van der Waals surface area contributed by atoms with Crippen molar-refractivity contribution >= 4 is 17.7 Å². The molecule has 1 aromatic rings. The fourth-order valence-corrected chi connectivity index (χ4v) is 1.79. The van der Waals surface area contributed by atoms with Crippen LogP contribution in [0.5, 0.6) is 11.5 Å². The van der Waals surface area contributed by atoms with Crippen molar-refractivity contribution < 1.29 is 14.4 Å². The molecular weight excluding hydrogens is 258 g/mol. The first-order chi connectivity index (χ1) is 8.53. The maximum Gasteiger partial charge on any atom is 0.246 e. The number of rotatable bonds is 5. The average Bonchev–Trinajstić information content (AvgIpc) is 2.34. The van der Waals surface area contributed by atoms with Crippen LogP contribution in [0.4, 0.5) is 0 Å². The van der Waals surface area contributed by atoms with Gasteiger partial charge in [-0.1, -0.05) is 18.5 Å². The first-order valence-electron chi connectivity index (χ1n) is 5.30. The molecule has 0 aliphatic heterocycles. The van der Waals surface area contributed by atoms with E-state index in [4.69, 9.17) is 21.1 Å². The van der Waals surface area contributed by atoms with Crippen LogP contribution in [0.15, 0.2) is 17.8 Å². The van der Waals surface area contributed by atoms with Crippen LogP contribution >= 0.6 is 11.6 Å². The Kier molecular flexibility index (Phi) is 4.97. The molecule has 0 saturated heterocycles. The molecule has 0 aliphatic carbocycles. The first-order valence-corrected chi connectivity index (χ1v) is 5.67. The Morgan fingerprint density at radius 1 is 1.44 bits per heavy atom. The van der Waals surface area contributed by atoms with Crippen molar-refractivity contribution in [3.8, 4) is 11.5 Å². The van der Waals surface area contributed by atoms with Gasteiger partial charge in [0.2, 0.25) is 5.70 Å². The number of ether oxygens (including phenoxy) is 2. The Bertz CT molecular complexity index is 485. The fraction of sp³-hybridized carbons (Fsp3) is 0.333. The molecule has 0 radical (unpaired) electrons. The fourth-order valence-electron chi connectivity index (χ4n) is 1.50. The number of nitrogens with zero attached hydrogens (tertiary/aromatic N) is 1. The van der Waals surface area contributed by atoms with Crippen molar-refractivity contribution in [2.75, 3.05) is 14.2 Å². The smallest absolute Gasteiger partial charge is 0.246 e. The molecule has 0 aliphatic rings. The number of halogens is 1. The van der Waals surface area contributed by atoms with Gasteiger partial charge in [-0.2, -0.15) is 0 Å². The standard InChI is InChI=1S/C12H14ClNO4/c1-4-9(14(15)16)5-8-6-10(13)12(18-3)11(7-8)17-2/h5-7H,4H2,1-3H3/b9-5+. The van der Waals surface area contributed by atoms with Gasteiger partial charge < -0.3 is 9.47 Å². The van der Waals surface area contributed by atoms with Crippen molar-refractivity contribution in [3.05, 3.63) is 38.5 Å². The molecule has 5 nitrogen and oxygen atoms in total. The van der Waals surface area contributed by atoms with Crippen LogP contribution in [-0.2, 0) is 0 Å². The van der Waals surface area contributed by atoms with E-state index in [-0.39, 0.29) is 5.70 Å². The molecule has 0 aromatic heterocycles. The van der Waals surface area contributed by atoms with Gasteiger partial charge in [0, 0.05) is 12.5 Å². The molecule has 0 spiro atoms. The van der Waals surface area contributed by atoms with Crippen LogP contribution in [0.1, 0.15) is 18.9 Å². The molecule has 0 amide bonds. The zero-order valence-electron chi connectivity index (χ0n) is 10.4. The van der Waals surface area contributed by atoms with Gasteiger partial charge in [0.1, 0.15) is 0 Å². The lowest BCUT2D eigenvalue weighted by molar-refractivity contribution is -0.425. The van der Waals surface area contributed by atoms with Gasteiger partial charge in [-0.15, -0.1) is 0 Å². The van der Waals surface area contributed by atoms with E-state index in [1.165, 1.54) is 20.3 Å². The second kappa shape index (κ2) is 6.26. The maximum absolute atomic E-state index is 10.7. The predicted molar refractivity (Wildman–Crippen MR) is 69.8 cm³/mol. The van der Waals surface area contributed by atoms with E-state index in [9.17, 15) is 10.1 Å². The number of nitro groups is 1. The van der Waals surface area contributed by atoms with E-state index >= 15 is 0 Å². The van der Waals surface area contributed by atoms with Crippen LogP contribution in [0.2, 0.25) is 5.02 Å². The summed E-state index contributed by atoms with van der Waals surface area (Å²) in [5.74, 6) is 0.852. The maximum atomic E-state index is 10.7. The van der Waals surface area contributed by atoms with E-state index in [2.05, 4.69) is 0 Å². The highest BCUT2D eigenvalue weighted by atomic mass is 35.5. The topological polar surface area (TPSA) is 61.6 Å². The summed E-state index contributed by atoms with van der Waals surface area (Å²) in [4.78, 5) is 10.3. The van der Waals surface area contributed by atoms with Gasteiger partial charge >= 0.3 is 0 Å². The molecule has 0 heterocycles. The number of hydrogen-bond donors (Lipinski definition) is 0. The third-order valence-electron chi connectivity index (χ3n) is 2.39. The second-order valence-corrected chi connectivity index (χ2v) is 3.89. The highest BCUT2D eigenvalue weighted by molar-refractivity contribution is 6.32. The molecule has 0 N–H and O–H groups in total. The molecule has 0 bridgehead atoms. The third kappa shape index (κ3) is 3.13. The van der Waals surface area contributed by atoms with E-state index < -0.39 is 4.92 Å². The summed E-state index contributed by atoms with van der Waals surface area (Å²) in [5, 5.41) is 11.1. The molecule has 0 unspecified atom stereocenters. The zero-order chi connectivity index (χ0) is 13.7. The monoisotopic (exact) mass is 271 g/mol. The summed E-state index contributed by atoms with van der Waals surface area (Å²) in [7, 11) is 2.96. The van der Waals surface area contributed by atoms with Gasteiger partial charge in [0.25, 0.3) is 0 Å². The number of methoxy groups -OCH3 is 2. The van der Waals surface area contributed by atoms with Crippen LogP contribution < -0.4 is 9.47 Å². The summed E-state index contributed by atoms with van der Waals surface area (Å²) < 4.78 is 10.2. The molecule has 1 rings (SSSR count). The molecule has 98 valence electrons. The van der Waals surface area contributed by atoms with Crippen molar-refractivity contribution in [3.63, 3.8) is 0 Å². The minimum atomic E-state index is -0.412. The lowest BCUT2D eigenvalue weighted by Gasteiger charge is -2.10. The molecule has 6 heteroatoms. The van der Waals surface area contributed by atoms with E-state index in [1.807, 2.05) is 0 Å².